The predicted molar refractivity (Wildman–Crippen MR) is 110 cm³/mol. The zero-order valence-corrected chi connectivity index (χ0v) is 17.8. The van der Waals surface area contributed by atoms with Gasteiger partial charge in [-0.05, 0) is 111 Å². The second-order valence-corrected chi connectivity index (χ2v) is 9.14. The van der Waals surface area contributed by atoms with Crippen LogP contribution in [0.25, 0.3) is 0 Å². The third-order valence-electron chi connectivity index (χ3n) is 7.05. The van der Waals surface area contributed by atoms with E-state index < -0.39 is 0 Å². The van der Waals surface area contributed by atoms with Crippen molar-refractivity contribution in [2.75, 3.05) is 46.3 Å². The highest BCUT2D eigenvalue weighted by molar-refractivity contribution is 4.81. The van der Waals surface area contributed by atoms with Gasteiger partial charge in [0.2, 0.25) is 0 Å². The van der Waals surface area contributed by atoms with Crippen LogP contribution in [0.3, 0.4) is 0 Å². The smallest absolute Gasteiger partial charge is 0.0117 e. The molecule has 2 aliphatic rings. The molecule has 0 saturated carbocycles. The molecule has 25 heavy (non-hydrogen) atoms. The molecule has 0 N–H and O–H groups in total. The molecule has 0 aromatic rings. The van der Waals surface area contributed by atoms with E-state index >= 15 is 0 Å². The van der Waals surface area contributed by atoms with E-state index in [0.29, 0.717) is 0 Å². The van der Waals surface area contributed by atoms with Crippen LogP contribution in [-0.2, 0) is 0 Å². The van der Waals surface area contributed by atoms with Crippen molar-refractivity contribution >= 4 is 0 Å². The van der Waals surface area contributed by atoms with E-state index in [1.54, 1.807) is 0 Å². The van der Waals surface area contributed by atoms with Gasteiger partial charge in [0.1, 0.15) is 0 Å². The maximum atomic E-state index is 2.70. The van der Waals surface area contributed by atoms with E-state index in [1.807, 2.05) is 0 Å². The first-order valence-corrected chi connectivity index (χ1v) is 11.2. The molecular weight excluding hydrogens is 306 g/mol. The van der Waals surface area contributed by atoms with E-state index in [0.717, 1.165) is 23.9 Å². The van der Waals surface area contributed by atoms with Crippen LogP contribution < -0.4 is 0 Å². The zero-order valence-electron chi connectivity index (χ0n) is 17.8. The van der Waals surface area contributed by atoms with Gasteiger partial charge in [0.25, 0.3) is 0 Å². The maximum absolute atomic E-state index is 2.70. The van der Waals surface area contributed by atoms with E-state index in [1.165, 1.54) is 84.2 Å². The van der Waals surface area contributed by atoms with Crippen molar-refractivity contribution in [2.45, 2.75) is 84.7 Å². The first-order valence-electron chi connectivity index (χ1n) is 11.2. The summed E-state index contributed by atoms with van der Waals surface area (Å²) in [5, 5.41) is 0. The summed E-state index contributed by atoms with van der Waals surface area (Å²) in [6, 6.07) is 1.53. The summed E-state index contributed by atoms with van der Waals surface area (Å²) in [6.07, 6.45) is 9.68. The van der Waals surface area contributed by atoms with Gasteiger partial charge >= 0.3 is 0 Å². The number of unbranched alkanes of at least 4 members (excludes halogenated alkanes) is 1. The molecule has 0 spiro atoms. The third kappa shape index (κ3) is 6.84. The van der Waals surface area contributed by atoms with Crippen molar-refractivity contribution in [3.63, 3.8) is 0 Å². The summed E-state index contributed by atoms with van der Waals surface area (Å²) in [5.41, 5.74) is 0. The summed E-state index contributed by atoms with van der Waals surface area (Å²) >= 11 is 0. The lowest BCUT2D eigenvalue weighted by Crippen LogP contribution is -2.46. The topological polar surface area (TPSA) is 9.72 Å². The van der Waals surface area contributed by atoms with Gasteiger partial charge in [-0.2, -0.15) is 0 Å². The molecule has 0 aromatic carbocycles. The maximum Gasteiger partial charge on any atom is 0.0117 e. The lowest BCUT2D eigenvalue weighted by molar-refractivity contribution is 0.0967. The quantitative estimate of drug-likeness (QED) is 0.612. The molecule has 3 heteroatoms. The van der Waals surface area contributed by atoms with E-state index in [2.05, 4.69) is 49.4 Å². The van der Waals surface area contributed by atoms with E-state index in [9.17, 15) is 0 Å². The normalized spacial score (nSPS) is 23.6. The number of rotatable bonds is 9. The minimum atomic E-state index is 0.717. The van der Waals surface area contributed by atoms with Crippen LogP contribution in [0, 0.1) is 11.8 Å². The fraction of sp³-hybridized carbons (Fsp3) is 1.00. The van der Waals surface area contributed by atoms with Crippen LogP contribution in [0.15, 0.2) is 0 Å². The molecule has 1 atom stereocenters. The first kappa shape index (κ1) is 21.2. The average molecular weight is 352 g/mol. The molecule has 0 aromatic heterocycles. The highest BCUT2D eigenvalue weighted by Gasteiger charge is 2.26. The highest BCUT2D eigenvalue weighted by Crippen LogP contribution is 2.28. The minimum Gasteiger partial charge on any atom is -0.303 e. The fourth-order valence-corrected chi connectivity index (χ4v) is 4.80. The number of piperidine rings is 2. The molecule has 1 unspecified atom stereocenters. The molecule has 0 radical (unpaired) electrons. The van der Waals surface area contributed by atoms with Gasteiger partial charge in [-0.25, -0.2) is 0 Å². The molecule has 2 fully saturated rings. The predicted octanol–water partition coefficient (Wildman–Crippen LogP) is 4.33. The second kappa shape index (κ2) is 10.9. The Morgan fingerprint density at radius 2 is 1.60 bits per heavy atom. The molecule has 2 aliphatic heterocycles. The lowest BCUT2D eigenvalue weighted by Gasteiger charge is -2.39. The molecule has 0 bridgehead atoms. The van der Waals surface area contributed by atoms with Crippen LogP contribution in [0.1, 0.15) is 72.6 Å². The summed E-state index contributed by atoms with van der Waals surface area (Å²) < 4.78 is 0. The summed E-state index contributed by atoms with van der Waals surface area (Å²) in [4.78, 5) is 8.01. The SMILES string of the molecule is CCCCN1CCC(C(C)CCN(C)C2CCN(C(C)C)CC2)CC1. The van der Waals surface area contributed by atoms with Crippen LogP contribution >= 0.6 is 0 Å². The minimum absolute atomic E-state index is 0.717. The molecule has 0 amide bonds. The molecule has 148 valence electrons. The van der Waals surface area contributed by atoms with Gasteiger partial charge in [0, 0.05) is 12.1 Å². The number of hydrogen-bond acceptors (Lipinski definition) is 3. The number of hydrogen-bond donors (Lipinski definition) is 0. The summed E-state index contributed by atoms with van der Waals surface area (Å²) in [5.74, 6) is 1.86. The Labute approximate surface area is 158 Å². The van der Waals surface area contributed by atoms with Crippen molar-refractivity contribution < 1.29 is 0 Å². The van der Waals surface area contributed by atoms with E-state index in [4.69, 9.17) is 0 Å². The lowest BCUT2D eigenvalue weighted by atomic mass is 9.83. The van der Waals surface area contributed by atoms with Crippen LogP contribution in [0.4, 0.5) is 0 Å². The van der Waals surface area contributed by atoms with Crippen molar-refractivity contribution in [2.24, 2.45) is 11.8 Å². The largest absolute Gasteiger partial charge is 0.303 e. The van der Waals surface area contributed by atoms with Crippen LogP contribution in [-0.4, -0.2) is 73.1 Å². The van der Waals surface area contributed by atoms with Gasteiger partial charge in [-0.3, -0.25) is 0 Å². The molecule has 2 heterocycles. The molecule has 0 aliphatic carbocycles. The van der Waals surface area contributed by atoms with Crippen molar-refractivity contribution in [1.82, 2.24) is 14.7 Å². The highest BCUT2D eigenvalue weighted by atomic mass is 15.2. The summed E-state index contributed by atoms with van der Waals surface area (Å²) in [6.45, 7) is 17.4. The van der Waals surface area contributed by atoms with E-state index in [-0.39, 0.29) is 0 Å². The van der Waals surface area contributed by atoms with Gasteiger partial charge in [-0.1, -0.05) is 20.3 Å². The number of likely N-dealkylation sites (tertiary alicyclic amines) is 2. The van der Waals surface area contributed by atoms with Gasteiger partial charge in [0.05, 0.1) is 0 Å². The Morgan fingerprint density at radius 3 is 2.16 bits per heavy atom. The van der Waals surface area contributed by atoms with Crippen molar-refractivity contribution in [1.29, 1.82) is 0 Å². The third-order valence-corrected chi connectivity index (χ3v) is 7.05. The fourth-order valence-electron chi connectivity index (χ4n) is 4.80. The first-order chi connectivity index (χ1) is 12.0. The van der Waals surface area contributed by atoms with Crippen molar-refractivity contribution in [3.8, 4) is 0 Å². The molecule has 2 saturated heterocycles. The van der Waals surface area contributed by atoms with Crippen LogP contribution in [0.2, 0.25) is 0 Å². The molecule has 3 nitrogen and oxygen atoms in total. The standard InChI is InChI=1S/C22H45N3/c1-6-7-13-24-15-9-21(10-16-24)20(4)8-14-23(5)22-11-17-25(18-12-22)19(2)3/h19-22H,6-18H2,1-5H3. The Morgan fingerprint density at radius 1 is 0.960 bits per heavy atom. The Bertz CT molecular complexity index is 341. The van der Waals surface area contributed by atoms with Gasteiger partial charge in [-0.15, -0.1) is 0 Å². The summed E-state index contributed by atoms with van der Waals surface area (Å²) in [7, 11) is 2.37. The number of nitrogens with zero attached hydrogens (tertiary/aromatic N) is 3. The van der Waals surface area contributed by atoms with Crippen LogP contribution in [0.5, 0.6) is 0 Å². The van der Waals surface area contributed by atoms with Gasteiger partial charge < -0.3 is 14.7 Å². The monoisotopic (exact) mass is 351 g/mol. The zero-order chi connectivity index (χ0) is 18.2. The second-order valence-electron chi connectivity index (χ2n) is 9.14. The Kier molecular flexibility index (Phi) is 9.23. The Hall–Kier alpha value is -0.120. The average Bonchev–Trinajstić information content (AvgIpc) is 2.64. The molecular formula is C22H45N3. The Balaban J connectivity index is 1.62. The van der Waals surface area contributed by atoms with Gasteiger partial charge in [0.15, 0.2) is 0 Å². The van der Waals surface area contributed by atoms with Crippen molar-refractivity contribution in [3.05, 3.63) is 0 Å². The molecule has 2 rings (SSSR count).